The highest BCUT2D eigenvalue weighted by molar-refractivity contribution is 5.79. The minimum Gasteiger partial charge on any atom is -0.398 e. The molecule has 0 fully saturated rings. The van der Waals surface area contributed by atoms with Crippen molar-refractivity contribution in [1.29, 1.82) is 0 Å². The molecule has 0 radical (unpaired) electrons. The van der Waals surface area contributed by atoms with Crippen molar-refractivity contribution < 1.29 is 10.5 Å². The first-order chi connectivity index (χ1) is 8.97. The summed E-state index contributed by atoms with van der Waals surface area (Å²) in [4.78, 5) is 0. The van der Waals surface area contributed by atoms with Crippen LogP contribution >= 0.6 is 0 Å². The summed E-state index contributed by atoms with van der Waals surface area (Å²) in [5, 5.41) is 12.0. The average molecular weight is 259 g/mol. The molecule has 0 aromatic heterocycles. The molecule has 0 unspecified atom stereocenters. The molecule has 0 saturated heterocycles. The van der Waals surface area contributed by atoms with Gasteiger partial charge in [0.1, 0.15) is 0 Å². The largest absolute Gasteiger partial charge is 0.398 e. The number of nitrogen functional groups attached to an aromatic ring is 1. The molecule has 0 saturated carbocycles. The van der Waals surface area contributed by atoms with Crippen molar-refractivity contribution in [3.05, 3.63) is 52.6 Å². The summed E-state index contributed by atoms with van der Waals surface area (Å²) >= 11 is 0. The number of aryl methyl sites for hydroxylation is 4. The van der Waals surface area contributed by atoms with Crippen molar-refractivity contribution in [3.8, 4) is 11.1 Å². The summed E-state index contributed by atoms with van der Waals surface area (Å²) in [6, 6.07) is 10.9. The first kappa shape index (κ1) is 15.2. The first-order valence-electron chi connectivity index (χ1n) is 6.13. The Bertz CT molecular complexity index is 557. The van der Waals surface area contributed by atoms with Gasteiger partial charge in [-0.3, -0.25) is 10.5 Å². The summed E-state index contributed by atoms with van der Waals surface area (Å²) in [6.45, 7) is 8.41. The van der Waals surface area contributed by atoms with Gasteiger partial charge in [0.15, 0.2) is 0 Å². The van der Waals surface area contributed by atoms with Crippen LogP contribution in [0.3, 0.4) is 0 Å². The maximum Gasteiger partial charge on any atom is 0.0423 e. The van der Waals surface area contributed by atoms with Gasteiger partial charge in [0.25, 0.3) is 0 Å². The Morgan fingerprint density at radius 1 is 0.737 bits per heavy atom. The summed E-state index contributed by atoms with van der Waals surface area (Å²) in [5.74, 6) is 0. The molecule has 0 aliphatic heterocycles. The maximum atomic E-state index is 6.18. The molecule has 0 spiro atoms. The van der Waals surface area contributed by atoms with Gasteiger partial charge in [-0.25, -0.2) is 0 Å². The van der Waals surface area contributed by atoms with Gasteiger partial charge in [0.2, 0.25) is 0 Å². The highest BCUT2D eigenvalue weighted by atomic mass is 17.0. The van der Waals surface area contributed by atoms with E-state index in [0.29, 0.717) is 0 Å². The average Bonchev–Trinajstić information content (AvgIpc) is 2.35. The maximum absolute atomic E-state index is 6.18. The second kappa shape index (κ2) is 6.36. The fraction of sp³-hybridized carbons (Fsp3) is 0.250. The van der Waals surface area contributed by atoms with Crippen LogP contribution in [0.4, 0.5) is 5.69 Å². The Kier molecular flexibility index (Phi) is 5.10. The predicted molar refractivity (Wildman–Crippen MR) is 80.5 cm³/mol. The van der Waals surface area contributed by atoms with Crippen molar-refractivity contribution in [2.24, 2.45) is 0 Å². The monoisotopic (exact) mass is 259 g/mol. The molecule has 0 atom stereocenters. The zero-order valence-electron chi connectivity index (χ0n) is 11.9. The normalized spacial score (nSPS) is 9.79. The van der Waals surface area contributed by atoms with E-state index in [2.05, 4.69) is 58.0 Å². The number of benzene rings is 2. The Morgan fingerprint density at radius 2 is 1.21 bits per heavy atom. The highest BCUT2D eigenvalue weighted by Gasteiger charge is 2.07. The zero-order chi connectivity index (χ0) is 14.6. The summed E-state index contributed by atoms with van der Waals surface area (Å²) in [7, 11) is 0. The Labute approximate surface area is 114 Å². The molecule has 3 nitrogen and oxygen atoms in total. The first-order valence-corrected chi connectivity index (χ1v) is 6.13. The number of hydrogen-bond donors (Lipinski definition) is 3. The van der Waals surface area contributed by atoms with E-state index in [1.807, 2.05) is 0 Å². The molecular formula is C16H21NO2. The molecule has 0 bridgehead atoms. The third-order valence-corrected chi connectivity index (χ3v) is 3.06. The van der Waals surface area contributed by atoms with Crippen molar-refractivity contribution in [3.63, 3.8) is 0 Å². The number of hydrogen-bond acceptors (Lipinski definition) is 3. The SMILES string of the molecule is Cc1cc(C)cc(-c2cc(C)cc(C)c2N)c1.OO. The molecule has 19 heavy (non-hydrogen) atoms. The van der Waals surface area contributed by atoms with E-state index in [1.54, 1.807) is 0 Å². The molecule has 2 aromatic carbocycles. The summed E-state index contributed by atoms with van der Waals surface area (Å²) in [6.07, 6.45) is 0. The lowest BCUT2D eigenvalue weighted by molar-refractivity contribution is -0.176. The van der Waals surface area contributed by atoms with Crippen LogP contribution in [0.5, 0.6) is 0 Å². The van der Waals surface area contributed by atoms with Crippen LogP contribution < -0.4 is 5.73 Å². The molecule has 0 amide bonds. The fourth-order valence-electron chi connectivity index (χ4n) is 2.35. The van der Waals surface area contributed by atoms with Gasteiger partial charge < -0.3 is 5.73 Å². The second-order valence-electron chi connectivity index (χ2n) is 4.92. The van der Waals surface area contributed by atoms with E-state index in [9.17, 15) is 0 Å². The molecule has 102 valence electrons. The summed E-state index contributed by atoms with van der Waals surface area (Å²) in [5.41, 5.74) is 14.4. The van der Waals surface area contributed by atoms with E-state index < -0.39 is 0 Å². The van der Waals surface area contributed by atoms with Crippen LogP contribution in [-0.4, -0.2) is 10.5 Å². The molecule has 0 heterocycles. The predicted octanol–water partition coefficient (Wildman–Crippen LogP) is 4.19. The van der Waals surface area contributed by atoms with Crippen molar-refractivity contribution >= 4 is 5.69 Å². The lowest BCUT2D eigenvalue weighted by atomic mass is 9.96. The quantitative estimate of drug-likeness (QED) is 0.409. The van der Waals surface area contributed by atoms with Crippen molar-refractivity contribution in [2.75, 3.05) is 5.73 Å². The Morgan fingerprint density at radius 3 is 1.74 bits per heavy atom. The molecule has 4 N–H and O–H groups in total. The van der Waals surface area contributed by atoms with E-state index in [1.165, 1.54) is 22.3 Å². The minimum absolute atomic E-state index is 0.889. The van der Waals surface area contributed by atoms with Gasteiger partial charge in [-0.2, -0.15) is 0 Å². The van der Waals surface area contributed by atoms with Crippen LogP contribution in [0.1, 0.15) is 22.3 Å². The molecule has 0 aliphatic carbocycles. The van der Waals surface area contributed by atoms with Gasteiger partial charge >= 0.3 is 0 Å². The van der Waals surface area contributed by atoms with Crippen LogP contribution in [-0.2, 0) is 0 Å². The Balaban J connectivity index is 0.000000861. The standard InChI is InChI=1S/C16H19N.H2O2/c1-10-5-11(2)8-14(7-10)15-9-12(3)6-13(4)16(15)17;1-2/h5-9H,17H2,1-4H3;1-2H. The summed E-state index contributed by atoms with van der Waals surface area (Å²) < 4.78 is 0. The molecule has 0 aliphatic rings. The van der Waals surface area contributed by atoms with E-state index in [4.69, 9.17) is 16.2 Å². The fourth-order valence-corrected chi connectivity index (χ4v) is 2.35. The van der Waals surface area contributed by atoms with Gasteiger partial charge in [-0.15, -0.1) is 0 Å². The second-order valence-corrected chi connectivity index (χ2v) is 4.92. The van der Waals surface area contributed by atoms with E-state index in [-0.39, 0.29) is 0 Å². The molecule has 2 aromatic rings. The van der Waals surface area contributed by atoms with Crippen LogP contribution in [0, 0.1) is 27.7 Å². The highest BCUT2D eigenvalue weighted by Crippen LogP contribution is 2.31. The minimum atomic E-state index is 0.889. The lowest BCUT2D eigenvalue weighted by Crippen LogP contribution is -1.95. The number of rotatable bonds is 1. The van der Waals surface area contributed by atoms with Gasteiger partial charge in [-0.05, 0) is 44.9 Å². The van der Waals surface area contributed by atoms with Gasteiger partial charge in [0, 0.05) is 11.3 Å². The lowest BCUT2D eigenvalue weighted by Gasteiger charge is -2.12. The number of anilines is 1. The van der Waals surface area contributed by atoms with Gasteiger partial charge in [0.05, 0.1) is 0 Å². The van der Waals surface area contributed by atoms with E-state index in [0.717, 1.165) is 16.8 Å². The topological polar surface area (TPSA) is 66.5 Å². The van der Waals surface area contributed by atoms with Gasteiger partial charge in [-0.1, -0.05) is 41.0 Å². The van der Waals surface area contributed by atoms with Crippen molar-refractivity contribution in [1.82, 2.24) is 0 Å². The third kappa shape index (κ3) is 3.56. The van der Waals surface area contributed by atoms with E-state index >= 15 is 0 Å². The molecular weight excluding hydrogens is 238 g/mol. The number of nitrogens with two attached hydrogens (primary N) is 1. The van der Waals surface area contributed by atoms with Crippen LogP contribution in [0.25, 0.3) is 11.1 Å². The van der Waals surface area contributed by atoms with Crippen LogP contribution in [0.15, 0.2) is 30.3 Å². The molecule has 2 rings (SSSR count). The third-order valence-electron chi connectivity index (χ3n) is 3.06. The van der Waals surface area contributed by atoms with Crippen molar-refractivity contribution in [2.45, 2.75) is 27.7 Å². The molecule has 3 heteroatoms. The Hall–Kier alpha value is -1.84. The van der Waals surface area contributed by atoms with Crippen LogP contribution in [0.2, 0.25) is 0 Å². The smallest absolute Gasteiger partial charge is 0.0423 e. The zero-order valence-corrected chi connectivity index (χ0v) is 11.9.